The van der Waals surface area contributed by atoms with Gasteiger partial charge in [0, 0.05) is 13.0 Å². The minimum absolute atomic E-state index is 0.116. The molecule has 1 aromatic rings. The summed E-state index contributed by atoms with van der Waals surface area (Å²) in [6, 6.07) is 9.31. The van der Waals surface area contributed by atoms with Crippen molar-refractivity contribution in [2.45, 2.75) is 44.9 Å². The molecule has 0 aromatic heterocycles. The first-order valence-corrected chi connectivity index (χ1v) is 7.85. The van der Waals surface area contributed by atoms with E-state index in [0.29, 0.717) is 19.6 Å². The van der Waals surface area contributed by atoms with E-state index in [4.69, 9.17) is 9.47 Å². The molecule has 1 N–H and O–H groups in total. The fourth-order valence-corrected chi connectivity index (χ4v) is 2.96. The lowest BCUT2D eigenvalue weighted by molar-refractivity contribution is -0.154. The molecule has 126 valence electrons. The van der Waals surface area contributed by atoms with Crippen LogP contribution in [0.4, 0.5) is 4.79 Å². The van der Waals surface area contributed by atoms with Crippen LogP contribution in [0.1, 0.15) is 32.3 Å². The van der Waals surface area contributed by atoms with Crippen LogP contribution in [0.3, 0.4) is 0 Å². The summed E-state index contributed by atoms with van der Waals surface area (Å²) in [5.74, 6) is -1.05. The highest BCUT2D eigenvalue weighted by molar-refractivity contribution is 5.85. The number of ether oxygens (including phenoxy) is 2. The fourth-order valence-electron chi connectivity index (χ4n) is 2.96. The smallest absolute Gasteiger partial charge is 0.411 e. The first-order chi connectivity index (χ1) is 11.0. The zero-order valence-corrected chi connectivity index (χ0v) is 13.5. The molecule has 1 heterocycles. The molecule has 23 heavy (non-hydrogen) atoms. The van der Waals surface area contributed by atoms with Crippen LogP contribution in [0.15, 0.2) is 30.3 Å². The van der Waals surface area contributed by atoms with Crippen LogP contribution in [-0.2, 0) is 20.9 Å². The molecule has 1 aromatic carbocycles. The van der Waals surface area contributed by atoms with Crippen LogP contribution in [0.5, 0.6) is 0 Å². The highest BCUT2D eigenvalue weighted by atomic mass is 16.6. The Hall–Kier alpha value is -2.08. The molecule has 0 spiro atoms. The summed E-state index contributed by atoms with van der Waals surface area (Å²) >= 11 is 0. The highest BCUT2D eigenvalue weighted by Gasteiger charge is 2.55. The first-order valence-electron chi connectivity index (χ1n) is 7.85. The van der Waals surface area contributed by atoms with Crippen LogP contribution in [0, 0.1) is 0 Å². The summed E-state index contributed by atoms with van der Waals surface area (Å²) in [6.07, 6.45) is -0.280. The van der Waals surface area contributed by atoms with Crippen molar-refractivity contribution in [2.24, 2.45) is 0 Å². The Labute approximate surface area is 136 Å². The number of carboxylic acids is 1. The molecule has 0 bridgehead atoms. The van der Waals surface area contributed by atoms with E-state index in [9.17, 15) is 14.7 Å². The average Bonchev–Trinajstić information content (AvgIpc) is 2.94. The molecule has 2 unspecified atom stereocenters. The van der Waals surface area contributed by atoms with Crippen molar-refractivity contribution >= 4 is 12.1 Å². The van der Waals surface area contributed by atoms with Gasteiger partial charge in [0.2, 0.25) is 0 Å². The third kappa shape index (κ3) is 3.47. The van der Waals surface area contributed by atoms with Crippen molar-refractivity contribution in [1.29, 1.82) is 0 Å². The molecule has 1 aliphatic rings. The number of nitrogens with zero attached hydrogens (tertiary/aromatic N) is 1. The SMILES string of the molecule is CCCN(C(=O)OCc1ccccc1)C1(C(=O)O)CCOC1C. The Morgan fingerprint density at radius 3 is 2.61 bits per heavy atom. The maximum Gasteiger partial charge on any atom is 0.411 e. The number of carboxylic acid groups (broad SMARTS) is 1. The van der Waals surface area contributed by atoms with Gasteiger partial charge >= 0.3 is 12.1 Å². The summed E-state index contributed by atoms with van der Waals surface area (Å²) in [5.41, 5.74) is -0.499. The molecule has 6 nitrogen and oxygen atoms in total. The molecule has 0 aliphatic carbocycles. The van der Waals surface area contributed by atoms with E-state index in [1.54, 1.807) is 6.92 Å². The van der Waals surface area contributed by atoms with Crippen molar-refractivity contribution in [3.8, 4) is 0 Å². The van der Waals surface area contributed by atoms with E-state index in [1.165, 1.54) is 4.90 Å². The summed E-state index contributed by atoms with van der Waals surface area (Å²) < 4.78 is 10.8. The van der Waals surface area contributed by atoms with Gasteiger partial charge in [-0.05, 0) is 18.9 Å². The van der Waals surface area contributed by atoms with E-state index in [2.05, 4.69) is 0 Å². The zero-order chi connectivity index (χ0) is 16.9. The van der Waals surface area contributed by atoms with Crippen molar-refractivity contribution in [1.82, 2.24) is 4.90 Å². The second-order valence-corrected chi connectivity index (χ2v) is 5.68. The van der Waals surface area contributed by atoms with Gasteiger partial charge in [-0.2, -0.15) is 0 Å². The molecule has 1 aliphatic heterocycles. The van der Waals surface area contributed by atoms with Crippen molar-refractivity contribution < 1.29 is 24.2 Å². The highest BCUT2D eigenvalue weighted by Crippen LogP contribution is 2.33. The largest absolute Gasteiger partial charge is 0.479 e. The van der Waals surface area contributed by atoms with Gasteiger partial charge in [0.05, 0.1) is 12.7 Å². The van der Waals surface area contributed by atoms with Gasteiger partial charge in [0.15, 0.2) is 5.54 Å². The normalized spacial score (nSPS) is 23.5. The number of carbonyl (C=O) groups is 2. The van der Waals surface area contributed by atoms with Gasteiger partial charge in [0.1, 0.15) is 6.61 Å². The monoisotopic (exact) mass is 321 g/mol. The summed E-state index contributed by atoms with van der Waals surface area (Å²) in [7, 11) is 0. The fraction of sp³-hybridized carbons (Fsp3) is 0.529. The van der Waals surface area contributed by atoms with Gasteiger partial charge in [-0.1, -0.05) is 37.3 Å². The van der Waals surface area contributed by atoms with Crippen LogP contribution in [0.25, 0.3) is 0 Å². The number of benzene rings is 1. The van der Waals surface area contributed by atoms with Crippen LogP contribution in [-0.4, -0.2) is 46.9 Å². The predicted molar refractivity (Wildman–Crippen MR) is 84.0 cm³/mol. The van der Waals surface area contributed by atoms with Crippen LogP contribution < -0.4 is 0 Å². The summed E-state index contributed by atoms with van der Waals surface area (Å²) in [5, 5.41) is 9.74. The lowest BCUT2D eigenvalue weighted by Crippen LogP contribution is -2.61. The number of hydrogen-bond acceptors (Lipinski definition) is 4. The number of carbonyl (C=O) groups excluding carboxylic acids is 1. The molecule has 0 saturated carbocycles. The van der Waals surface area contributed by atoms with E-state index < -0.39 is 23.7 Å². The maximum atomic E-state index is 12.5. The molecule has 1 amide bonds. The number of rotatable bonds is 6. The minimum Gasteiger partial charge on any atom is -0.479 e. The molecule has 6 heteroatoms. The summed E-state index contributed by atoms with van der Waals surface area (Å²) in [6.45, 7) is 4.33. The first kappa shape index (κ1) is 17.3. The molecule has 0 radical (unpaired) electrons. The van der Waals surface area contributed by atoms with Gasteiger partial charge in [-0.15, -0.1) is 0 Å². The van der Waals surface area contributed by atoms with E-state index in [-0.39, 0.29) is 13.0 Å². The quantitative estimate of drug-likeness (QED) is 0.872. The molecular weight excluding hydrogens is 298 g/mol. The standard InChI is InChI=1S/C17H23NO5/c1-3-10-18(17(15(19)20)9-11-22-13(17)2)16(21)23-12-14-7-5-4-6-8-14/h4-8,13H,3,9-12H2,1-2H3,(H,19,20). The maximum absolute atomic E-state index is 12.5. The van der Waals surface area contributed by atoms with E-state index in [1.807, 2.05) is 37.3 Å². The van der Waals surface area contributed by atoms with Crippen molar-refractivity contribution in [3.05, 3.63) is 35.9 Å². The lowest BCUT2D eigenvalue weighted by Gasteiger charge is -2.38. The van der Waals surface area contributed by atoms with Gasteiger partial charge in [0.25, 0.3) is 0 Å². The Morgan fingerprint density at radius 2 is 2.09 bits per heavy atom. The van der Waals surface area contributed by atoms with Gasteiger partial charge in [-0.3, -0.25) is 4.90 Å². The predicted octanol–water partition coefficient (Wildman–Crippen LogP) is 2.67. The van der Waals surface area contributed by atoms with Crippen molar-refractivity contribution in [2.75, 3.05) is 13.2 Å². The summed E-state index contributed by atoms with van der Waals surface area (Å²) in [4.78, 5) is 25.7. The zero-order valence-electron chi connectivity index (χ0n) is 13.5. The second kappa shape index (κ2) is 7.46. The second-order valence-electron chi connectivity index (χ2n) is 5.68. The Morgan fingerprint density at radius 1 is 1.39 bits per heavy atom. The number of aliphatic carboxylic acids is 1. The number of amides is 1. The topological polar surface area (TPSA) is 76.1 Å². The van der Waals surface area contributed by atoms with Crippen LogP contribution in [0.2, 0.25) is 0 Å². The Kier molecular flexibility index (Phi) is 5.60. The molecular formula is C17H23NO5. The van der Waals surface area contributed by atoms with E-state index >= 15 is 0 Å². The van der Waals surface area contributed by atoms with Gasteiger partial charge < -0.3 is 14.6 Å². The lowest BCUT2D eigenvalue weighted by atomic mass is 9.90. The van der Waals surface area contributed by atoms with Crippen LogP contribution >= 0.6 is 0 Å². The molecule has 2 rings (SSSR count). The average molecular weight is 321 g/mol. The Bertz CT molecular complexity index is 547. The minimum atomic E-state index is -1.36. The molecule has 1 fully saturated rings. The molecule has 2 atom stereocenters. The third-order valence-corrected chi connectivity index (χ3v) is 4.25. The van der Waals surface area contributed by atoms with Crippen molar-refractivity contribution in [3.63, 3.8) is 0 Å². The van der Waals surface area contributed by atoms with E-state index in [0.717, 1.165) is 5.56 Å². The third-order valence-electron chi connectivity index (χ3n) is 4.25. The molecule has 1 saturated heterocycles. The Balaban J connectivity index is 2.16. The number of hydrogen-bond donors (Lipinski definition) is 1. The van der Waals surface area contributed by atoms with Gasteiger partial charge in [-0.25, -0.2) is 9.59 Å².